The summed E-state index contributed by atoms with van der Waals surface area (Å²) in [4.78, 5) is 50.7. The van der Waals surface area contributed by atoms with E-state index in [1.165, 1.54) is 0 Å². The monoisotopic (exact) mass is 792 g/mol. The molecule has 56 heavy (non-hydrogen) atoms. The number of alkyl carbamates (subject to hydrolysis) is 1. The lowest BCUT2D eigenvalue weighted by Crippen LogP contribution is -2.59. The Hall–Kier alpha value is -4.28. The second-order valence-corrected chi connectivity index (χ2v) is 15.4. The molecule has 3 atom stereocenters. The molecule has 0 bridgehead atoms. The second kappa shape index (κ2) is 19.7. The molecule has 2 saturated heterocycles. The largest absolute Gasteiger partial charge is 0.444 e. The minimum Gasteiger partial charge on any atom is -0.444 e. The number of rotatable bonds is 16. The van der Waals surface area contributed by atoms with E-state index in [-0.39, 0.29) is 31.0 Å². The van der Waals surface area contributed by atoms with E-state index in [9.17, 15) is 34.8 Å². The van der Waals surface area contributed by atoms with E-state index >= 15 is 0 Å². The number of piperidine rings is 1. The van der Waals surface area contributed by atoms with Crippen LogP contribution in [0.5, 0.6) is 0 Å². The molecule has 1 aromatic rings. The fourth-order valence-electron chi connectivity index (χ4n) is 6.69. The number of nitrogens with one attached hydrogen (secondary N) is 4. The van der Waals surface area contributed by atoms with Crippen molar-refractivity contribution in [3.8, 4) is 0 Å². The summed E-state index contributed by atoms with van der Waals surface area (Å²) in [7, 11) is 0. The molecule has 1 saturated carbocycles. The number of carbonyl (C=O) groups is 3. The predicted octanol–water partition coefficient (Wildman–Crippen LogP) is -1.38. The quantitative estimate of drug-likeness (QED) is 0.0708. The number of anilines is 3. The molecule has 3 unspecified atom stereocenters. The highest BCUT2D eigenvalue weighted by molar-refractivity contribution is 5.86. The van der Waals surface area contributed by atoms with Gasteiger partial charge in [0.25, 0.3) is 5.91 Å². The van der Waals surface area contributed by atoms with Crippen LogP contribution in [0.4, 0.5) is 22.4 Å². The normalized spacial score (nSPS) is 25.7. The Morgan fingerprint density at radius 2 is 1.71 bits per heavy atom. The molecule has 1 aliphatic carbocycles. The maximum absolute atomic E-state index is 13.0. The molecule has 0 spiro atoms. The van der Waals surface area contributed by atoms with Gasteiger partial charge in [0, 0.05) is 75.8 Å². The zero-order valence-corrected chi connectivity index (χ0v) is 32.4. The molecule has 3 amide bonds. The Labute approximate surface area is 325 Å². The summed E-state index contributed by atoms with van der Waals surface area (Å²) in [5.74, 6) is 0.908. The molecular weight excluding hydrogens is 734 g/mol. The van der Waals surface area contributed by atoms with Gasteiger partial charge in [-0.15, -0.1) is 4.68 Å². The summed E-state index contributed by atoms with van der Waals surface area (Å²) < 4.78 is 18.1. The lowest BCUT2D eigenvalue weighted by atomic mass is 9.79. The molecule has 312 valence electrons. The lowest BCUT2D eigenvalue weighted by Gasteiger charge is -2.39. The van der Waals surface area contributed by atoms with Gasteiger partial charge < -0.3 is 65.7 Å². The number of nitrogens with zero attached hydrogens (tertiary/aromatic N) is 7. The van der Waals surface area contributed by atoms with Gasteiger partial charge in [0.05, 0.1) is 45.2 Å². The van der Waals surface area contributed by atoms with Crippen LogP contribution in [0.15, 0.2) is 16.4 Å². The van der Waals surface area contributed by atoms with Crippen molar-refractivity contribution in [2.75, 3.05) is 94.3 Å². The van der Waals surface area contributed by atoms with E-state index in [0.717, 1.165) is 5.82 Å². The van der Waals surface area contributed by atoms with E-state index < -0.39 is 54.4 Å². The molecular formula is C35H58N11O10+. The zero-order chi connectivity index (χ0) is 40.3. The van der Waals surface area contributed by atoms with Crippen molar-refractivity contribution < 1.29 is 53.7 Å². The fraction of sp³-hybridized carbons (Fsp3) is 0.771. The highest BCUT2D eigenvalue weighted by atomic mass is 16.6. The third-order valence-corrected chi connectivity index (χ3v) is 9.68. The molecule has 0 aromatic carbocycles. The molecule has 5 rings (SSSR count). The fourth-order valence-corrected chi connectivity index (χ4v) is 6.69. The van der Waals surface area contributed by atoms with Gasteiger partial charge in [-0.2, -0.15) is 9.97 Å². The average Bonchev–Trinajstić information content (AvgIpc) is 3.61. The highest BCUT2D eigenvalue weighted by Gasteiger charge is 2.48. The van der Waals surface area contributed by atoms with E-state index in [2.05, 4.69) is 36.5 Å². The molecule has 8 N–H and O–H groups in total. The van der Waals surface area contributed by atoms with Crippen LogP contribution >= 0.6 is 0 Å². The van der Waals surface area contributed by atoms with E-state index in [1.807, 2.05) is 12.3 Å². The molecule has 1 aromatic heterocycles. The molecule has 4 aliphatic rings. The minimum atomic E-state index is -2.04. The number of carbonyl (C=O) groups excluding carboxylic acids is 3. The number of ether oxygens (including phenoxy) is 3. The Morgan fingerprint density at radius 1 is 1.00 bits per heavy atom. The summed E-state index contributed by atoms with van der Waals surface area (Å²) in [6, 6.07) is 1.73. The van der Waals surface area contributed by atoms with Crippen molar-refractivity contribution in [2.24, 2.45) is 10.3 Å². The van der Waals surface area contributed by atoms with Crippen LogP contribution in [-0.4, -0.2) is 184 Å². The van der Waals surface area contributed by atoms with Gasteiger partial charge >= 0.3 is 6.09 Å². The molecule has 4 heterocycles. The van der Waals surface area contributed by atoms with Crippen molar-refractivity contribution in [3.05, 3.63) is 6.07 Å². The van der Waals surface area contributed by atoms with Crippen LogP contribution in [0.2, 0.25) is 0 Å². The van der Waals surface area contributed by atoms with Crippen molar-refractivity contribution >= 4 is 41.7 Å². The van der Waals surface area contributed by atoms with Crippen molar-refractivity contribution in [3.63, 3.8) is 0 Å². The van der Waals surface area contributed by atoms with Crippen LogP contribution in [0.1, 0.15) is 52.9 Å². The molecule has 21 heteroatoms. The molecule has 21 nitrogen and oxygen atoms in total. The van der Waals surface area contributed by atoms with Gasteiger partial charge in [-0.3, -0.25) is 9.59 Å². The van der Waals surface area contributed by atoms with E-state index in [0.29, 0.717) is 96.8 Å². The van der Waals surface area contributed by atoms with Gasteiger partial charge in [-0.1, -0.05) is 0 Å². The lowest BCUT2D eigenvalue weighted by molar-refractivity contribution is -0.534. The van der Waals surface area contributed by atoms with Crippen molar-refractivity contribution in [1.82, 2.24) is 25.5 Å². The Morgan fingerprint density at radius 3 is 2.41 bits per heavy atom. The zero-order valence-electron chi connectivity index (χ0n) is 32.4. The van der Waals surface area contributed by atoms with Crippen LogP contribution < -0.4 is 26.2 Å². The van der Waals surface area contributed by atoms with Crippen molar-refractivity contribution in [1.29, 1.82) is 0 Å². The first-order valence-electron chi connectivity index (χ1n) is 19.3. The number of hydrogen-bond donors (Lipinski definition) is 8. The number of morpholine rings is 1. The van der Waals surface area contributed by atoms with Crippen LogP contribution in [0.3, 0.4) is 0 Å². The van der Waals surface area contributed by atoms with Crippen LogP contribution in [-0.2, 0) is 23.8 Å². The van der Waals surface area contributed by atoms with E-state index in [4.69, 9.17) is 24.2 Å². The first-order chi connectivity index (χ1) is 26.7. The first kappa shape index (κ1) is 42.9. The summed E-state index contributed by atoms with van der Waals surface area (Å²) in [5.41, 5.74) is -2.59. The number of amides is 3. The Kier molecular flexibility index (Phi) is 15.1. The van der Waals surface area contributed by atoms with Crippen molar-refractivity contribution in [2.45, 2.75) is 94.5 Å². The van der Waals surface area contributed by atoms with Crippen LogP contribution in [0.25, 0.3) is 0 Å². The van der Waals surface area contributed by atoms with Gasteiger partial charge in [-0.25, -0.2) is 4.79 Å². The number of hydrogen-bond acceptors (Lipinski definition) is 17. The Bertz CT molecular complexity index is 1530. The maximum atomic E-state index is 13.0. The third kappa shape index (κ3) is 12.9. The number of aromatic nitrogens is 2. The standard InChI is InChI=1S/C35H57N11O10/c1-34(2,3)56-33(52)37-8-14-54-17-13-46-22-24(42-43-46)21-38-32-40-27(18-28(41-32)44-11-15-55-16-12-44)39-23-5-9-45(10-6-23)29(49)4-7-36-31(51)35(53)19-25(47)30(50)26(48)20-35/h18,22-26,30,47-48,50,53H,4-17,19-21H2,1-3H3,(H3-,36,37,38,39,40,41,51,52)/p+1. The number of likely N-dealkylation sites (tertiary alicyclic amines) is 1. The maximum Gasteiger partial charge on any atom is 0.407 e. The SMILES string of the molecule is CC(C)(C)OC(=O)NCCOCC[N+]1=CC(CNc2nc(NC3CCN(C(=O)CCNC(=O)C4(O)CC(O)C(O)C(O)C4)CC3)cc(N3CCOCC3)n2)N=N1. The minimum absolute atomic E-state index is 0.0169. The molecule has 3 aliphatic heterocycles. The van der Waals surface area contributed by atoms with Gasteiger partial charge in [-0.05, 0) is 33.6 Å². The number of aliphatic hydroxyl groups is 4. The summed E-state index contributed by atoms with van der Waals surface area (Å²) in [6.07, 6.45) is -2.36. The summed E-state index contributed by atoms with van der Waals surface area (Å²) >= 11 is 0. The second-order valence-electron chi connectivity index (χ2n) is 15.4. The first-order valence-corrected chi connectivity index (χ1v) is 19.3. The van der Waals surface area contributed by atoms with Gasteiger partial charge in [0.1, 0.15) is 46.9 Å². The third-order valence-electron chi connectivity index (χ3n) is 9.68. The predicted molar refractivity (Wildman–Crippen MR) is 202 cm³/mol. The van der Waals surface area contributed by atoms with Gasteiger partial charge in [0.15, 0.2) is 0 Å². The highest BCUT2D eigenvalue weighted by Crippen LogP contribution is 2.29. The Balaban J connectivity index is 1.05. The smallest absolute Gasteiger partial charge is 0.407 e. The van der Waals surface area contributed by atoms with E-state index in [1.54, 1.807) is 30.4 Å². The topological polar surface area (TPSA) is 268 Å². The summed E-state index contributed by atoms with van der Waals surface area (Å²) in [5, 5.41) is 60.7. The van der Waals surface area contributed by atoms with Crippen LogP contribution in [0, 0.1) is 0 Å². The molecule has 3 fully saturated rings. The molecule has 0 radical (unpaired) electrons. The van der Waals surface area contributed by atoms with Gasteiger partial charge in [0.2, 0.25) is 17.9 Å². The average molecular weight is 793 g/mol. The summed E-state index contributed by atoms with van der Waals surface area (Å²) in [6.45, 7) is 11.0. The number of aliphatic hydroxyl groups excluding tert-OH is 3.